The molecule has 0 fully saturated rings. The first kappa shape index (κ1) is 26.5. The van der Waals surface area contributed by atoms with Gasteiger partial charge in [0.15, 0.2) is 0 Å². The van der Waals surface area contributed by atoms with E-state index in [2.05, 4.69) is 10.1 Å². The fourth-order valence-electron chi connectivity index (χ4n) is 3.00. The van der Waals surface area contributed by atoms with Crippen molar-refractivity contribution in [2.24, 2.45) is 0 Å². The van der Waals surface area contributed by atoms with Crippen molar-refractivity contribution in [1.82, 2.24) is 10.2 Å². The molecule has 2 aromatic rings. The van der Waals surface area contributed by atoms with Crippen molar-refractivity contribution in [2.45, 2.75) is 0 Å². The van der Waals surface area contributed by atoms with E-state index < -0.39 is 75.0 Å². The first-order chi connectivity index (χ1) is 16.9. The van der Waals surface area contributed by atoms with Crippen LogP contribution in [0.25, 0.3) is 0 Å². The summed E-state index contributed by atoms with van der Waals surface area (Å²) in [4.78, 5) is 59.1. The van der Waals surface area contributed by atoms with Crippen LogP contribution in [-0.4, -0.2) is 58.1 Å². The fourth-order valence-corrected chi connectivity index (χ4v) is 3.61. The lowest BCUT2D eigenvalue weighted by Gasteiger charge is -2.14. The minimum Gasteiger partial charge on any atom is -0.419 e. The smallest absolute Gasteiger partial charge is 0.321 e. The van der Waals surface area contributed by atoms with Crippen LogP contribution in [0.15, 0.2) is 18.2 Å². The third-order valence-electron chi connectivity index (χ3n) is 4.66. The lowest BCUT2D eigenvalue weighted by molar-refractivity contribution is -0.384. The number of nitro benzene ring substituents is 1. The summed E-state index contributed by atoms with van der Waals surface area (Å²) in [7, 11) is 0. The van der Waals surface area contributed by atoms with Gasteiger partial charge in [0.05, 0.1) is 27.6 Å². The Bertz CT molecular complexity index is 1280. The van der Waals surface area contributed by atoms with Crippen LogP contribution in [0.1, 0.15) is 20.7 Å². The van der Waals surface area contributed by atoms with E-state index in [1.165, 1.54) is 0 Å². The van der Waals surface area contributed by atoms with E-state index in [0.717, 1.165) is 23.1 Å². The van der Waals surface area contributed by atoms with Crippen LogP contribution in [0.3, 0.4) is 0 Å². The van der Waals surface area contributed by atoms with Gasteiger partial charge in [0.1, 0.15) is 0 Å². The molecule has 0 unspecified atom stereocenters. The molecule has 0 aliphatic carbocycles. The summed E-state index contributed by atoms with van der Waals surface area (Å²) < 4.78 is 70.5. The SMILES string of the molecule is O=C(CSCC(=O)Oc1c(F)c(F)c(F)c(F)c1F)NCCN1C(=O)c2ccc([N+](=O)[O-])cc2C1=O. The largest absolute Gasteiger partial charge is 0.419 e. The molecule has 2 aromatic carbocycles. The van der Waals surface area contributed by atoms with E-state index in [-0.39, 0.29) is 29.9 Å². The number of imide groups is 1. The second-order valence-electron chi connectivity index (χ2n) is 6.96. The number of nitrogens with zero attached hydrogens (tertiary/aromatic N) is 2. The highest BCUT2D eigenvalue weighted by atomic mass is 32.2. The number of benzene rings is 2. The minimum absolute atomic E-state index is 0.0280. The zero-order valence-electron chi connectivity index (χ0n) is 17.6. The highest BCUT2D eigenvalue weighted by molar-refractivity contribution is 8.00. The monoisotopic (exact) mass is 533 g/mol. The van der Waals surface area contributed by atoms with Gasteiger partial charge in [-0.1, -0.05) is 0 Å². The first-order valence-corrected chi connectivity index (χ1v) is 10.8. The Labute approximate surface area is 201 Å². The molecule has 0 saturated heterocycles. The molecule has 0 radical (unpaired) electrons. The van der Waals surface area contributed by atoms with E-state index in [1.807, 2.05) is 0 Å². The molecule has 0 atom stereocenters. The number of non-ortho nitro benzene ring substituents is 1. The molecule has 16 heteroatoms. The van der Waals surface area contributed by atoms with Gasteiger partial charge in [-0.3, -0.25) is 34.2 Å². The number of carbonyl (C=O) groups is 4. The number of thioether (sulfide) groups is 1. The highest BCUT2D eigenvalue weighted by Crippen LogP contribution is 2.29. The van der Waals surface area contributed by atoms with Crippen LogP contribution in [0.5, 0.6) is 5.75 Å². The number of halogens is 5. The lowest BCUT2D eigenvalue weighted by Crippen LogP contribution is -2.38. The van der Waals surface area contributed by atoms with Crippen molar-refractivity contribution in [3.8, 4) is 5.75 Å². The Morgan fingerprint density at radius 1 is 0.944 bits per heavy atom. The summed E-state index contributed by atoms with van der Waals surface area (Å²) in [6.07, 6.45) is 0. The van der Waals surface area contributed by atoms with Crippen LogP contribution in [0.2, 0.25) is 0 Å². The standard InChI is InChI=1S/C20H12F5N3O7S/c21-13-14(22)16(24)18(17(25)15(13)23)35-12(30)7-36-6-11(29)26-3-4-27-19(31)9-2-1-8(28(33)34)5-10(9)20(27)32/h1-2,5H,3-4,6-7H2,(H,26,29). The molecule has 0 saturated carbocycles. The second kappa shape index (κ2) is 10.7. The predicted molar refractivity (Wildman–Crippen MR) is 111 cm³/mol. The zero-order valence-corrected chi connectivity index (χ0v) is 18.4. The van der Waals surface area contributed by atoms with Crippen LogP contribution in [0, 0.1) is 39.2 Å². The number of hydrogen-bond acceptors (Lipinski definition) is 8. The number of nitro groups is 1. The molecular weight excluding hydrogens is 521 g/mol. The number of esters is 1. The van der Waals surface area contributed by atoms with Crippen molar-refractivity contribution in [1.29, 1.82) is 0 Å². The van der Waals surface area contributed by atoms with Crippen LogP contribution in [-0.2, 0) is 9.59 Å². The fraction of sp³-hybridized carbons (Fsp3) is 0.200. The Kier molecular flexibility index (Phi) is 7.87. The molecule has 3 amide bonds. The summed E-state index contributed by atoms with van der Waals surface area (Å²) in [6.45, 7) is -0.471. The molecule has 3 rings (SSSR count). The van der Waals surface area contributed by atoms with Gasteiger partial charge in [-0.15, -0.1) is 11.8 Å². The van der Waals surface area contributed by atoms with Crippen molar-refractivity contribution in [3.05, 3.63) is 68.5 Å². The molecule has 1 aliphatic rings. The van der Waals surface area contributed by atoms with Crippen LogP contribution in [0.4, 0.5) is 27.6 Å². The van der Waals surface area contributed by atoms with E-state index in [9.17, 15) is 51.2 Å². The maximum atomic E-state index is 13.5. The topological polar surface area (TPSA) is 136 Å². The lowest BCUT2D eigenvalue weighted by atomic mass is 10.1. The van der Waals surface area contributed by atoms with Gasteiger partial charge in [-0.2, -0.15) is 8.78 Å². The number of hydrogen-bond donors (Lipinski definition) is 1. The average Bonchev–Trinajstić information content (AvgIpc) is 3.08. The summed E-state index contributed by atoms with van der Waals surface area (Å²) in [5, 5.41) is 13.2. The van der Waals surface area contributed by atoms with Crippen molar-refractivity contribution in [3.63, 3.8) is 0 Å². The Balaban J connectivity index is 1.45. The zero-order chi connectivity index (χ0) is 26.7. The van der Waals surface area contributed by atoms with Crippen molar-refractivity contribution < 1.29 is 50.8 Å². The van der Waals surface area contributed by atoms with Gasteiger partial charge < -0.3 is 10.1 Å². The van der Waals surface area contributed by atoms with E-state index in [1.54, 1.807) is 0 Å². The quantitative estimate of drug-likeness (QED) is 0.0759. The summed E-state index contributed by atoms with van der Waals surface area (Å²) in [5.74, 6) is -18.1. The Hall–Kier alpha value is -4.08. The number of nitrogens with one attached hydrogen (secondary N) is 1. The number of fused-ring (bicyclic) bond motifs is 1. The highest BCUT2D eigenvalue weighted by Gasteiger charge is 2.36. The normalized spacial score (nSPS) is 12.5. The molecule has 1 N–H and O–H groups in total. The summed E-state index contributed by atoms with van der Waals surface area (Å²) in [5.41, 5.74) is -0.552. The van der Waals surface area contributed by atoms with Gasteiger partial charge in [-0.05, 0) is 6.07 Å². The number of carbonyl (C=O) groups excluding carboxylic acids is 4. The maximum Gasteiger partial charge on any atom is 0.321 e. The third-order valence-corrected chi connectivity index (χ3v) is 5.57. The minimum atomic E-state index is -2.42. The first-order valence-electron chi connectivity index (χ1n) is 9.65. The molecule has 0 bridgehead atoms. The number of ether oxygens (including phenoxy) is 1. The molecule has 190 valence electrons. The predicted octanol–water partition coefficient (Wildman–Crippen LogP) is 2.34. The van der Waals surface area contributed by atoms with Crippen molar-refractivity contribution >= 4 is 41.1 Å². The van der Waals surface area contributed by atoms with Gasteiger partial charge in [0.25, 0.3) is 17.5 Å². The molecule has 36 heavy (non-hydrogen) atoms. The van der Waals surface area contributed by atoms with E-state index in [0.29, 0.717) is 11.8 Å². The number of rotatable bonds is 9. The van der Waals surface area contributed by atoms with Crippen molar-refractivity contribution in [2.75, 3.05) is 24.6 Å². The molecule has 0 spiro atoms. The maximum absolute atomic E-state index is 13.5. The summed E-state index contributed by atoms with van der Waals surface area (Å²) >= 11 is 0.585. The van der Waals surface area contributed by atoms with Gasteiger partial charge in [-0.25, -0.2) is 13.2 Å². The Morgan fingerprint density at radius 2 is 1.53 bits per heavy atom. The van der Waals surface area contributed by atoms with E-state index in [4.69, 9.17) is 0 Å². The Morgan fingerprint density at radius 3 is 2.14 bits per heavy atom. The second-order valence-corrected chi connectivity index (χ2v) is 7.95. The van der Waals surface area contributed by atoms with Crippen LogP contribution < -0.4 is 10.1 Å². The van der Waals surface area contributed by atoms with Gasteiger partial charge >= 0.3 is 5.97 Å². The molecule has 10 nitrogen and oxygen atoms in total. The average molecular weight is 533 g/mol. The van der Waals surface area contributed by atoms with Gasteiger partial charge in [0, 0.05) is 25.2 Å². The summed E-state index contributed by atoms with van der Waals surface area (Å²) in [6, 6.07) is 3.19. The number of amides is 3. The molecule has 1 aliphatic heterocycles. The van der Waals surface area contributed by atoms with Crippen LogP contribution >= 0.6 is 11.8 Å². The molecular formula is C20H12F5N3O7S. The molecule has 1 heterocycles. The van der Waals surface area contributed by atoms with Gasteiger partial charge in [0.2, 0.25) is 40.7 Å². The third kappa shape index (κ3) is 5.27. The molecule has 0 aromatic heterocycles. The van der Waals surface area contributed by atoms with E-state index >= 15 is 0 Å².